The van der Waals surface area contributed by atoms with Gasteiger partial charge in [0.25, 0.3) is 0 Å². The molecule has 0 fully saturated rings. The first-order valence-corrected chi connectivity index (χ1v) is 9.68. The predicted molar refractivity (Wildman–Crippen MR) is 97.1 cm³/mol. The van der Waals surface area contributed by atoms with Gasteiger partial charge in [-0.15, -0.1) is 6.61 Å². The Hall–Kier alpha value is -0.340. The van der Waals surface area contributed by atoms with E-state index in [1.807, 2.05) is 7.05 Å². The van der Waals surface area contributed by atoms with Crippen LogP contribution >= 0.6 is 0 Å². The van der Waals surface area contributed by atoms with E-state index in [4.69, 9.17) is 0 Å². The van der Waals surface area contributed by atoms with Crippen molar-refractivity contribution >= 4 is 0 Å². The molecule has 0 aliphatic heterocycles. The summed E-state index contributed by atoms with van der Waals surface area (Å²) in [5.74, 6) is 0.343. The zero-order valence-corrected chi connectivity index (χ0v) is 15.4. The van der Waals surface area contributed by atoms with Gasteiger partial charge in [-0.1, -0.05) is 90.2 Å². The van der Waals surface area contributed by atoms with Crippen molar-refractivity contribution in [1.29, 1.82) is 0 Å². The molecule has 0 heterocycles. The first-order chi connectivity index (χ1) is 10.8. The van der Waals surface area contributed by atoms with Crippen LogP contribution in [0.2, 0.25) is 0 Å². The first kappa shape index (κ1) is 21.7. The van der Waals surface area contributed by atoms with Gasteiger partial charge in [-0.25, -0.2) is 0 Å². The number of hydrogen-bond acceptors (Lipinski definition) is 2. The third kappa shape index (κ3) is 13.3. The van der Waals surface area contributed by atoms with Crippen LogP contribution in [0.3, 0.4) is 0 Å². The van der Waals surface area contributed by atoms with Crippen molar-refractivity contribution < 1.29 is 5.11 Å². The summed E-state index contributed by atoms with van der Waals surface area (Å²) in [5, 5.41) is 14.0. The van der Waals surface area contributed by atoms with Gasteiger partial charge in [0.2, 0.25) is 0 Å². The molecule has 132 valence electrons. The zero-order chi connectivity index (χ0) is 16.5. The maximum absolute atomic E-state index is 10.9. The van der Waals surface area contributed by atoms with Crippen LogP contribution in [0.15, 0.2) is 12.2 Å². The molecule has 0 aliphatic rings. The Bertz CT molecular complexity index is 236. The van der Waals surface area contributed by atoms with Crippen LogP contribution in [-0.2, 0) is 0 Å². The highest BCUT2D eigenvalue weighted by Crippen LogP contribution is 2.12. The summed E-state index contributed by atoms with van der Waals surface area (Å²) in [6.45, 7) is 4.36. The van der Waals surface area contributed by atoms with Gasteiger partial charge in [0, 0.05) is 0 Å². The van der Waals surface area contributed by atoms with Crippen molar-refractivity contribution in [2.24, 2.45) is 5.92 Å². The van der Waals surface area contributed by atoms with Crippen LogP contribution < -0.4 is 10.4 Å². The van der Waals surface area contributed by atoms with Gasteiger partial charge in [-0.05, 0) is 31.8 Å². The third-order valence-corrected chi connectivity index (χ3v) is 4.60. The molecular formula is C20H40NO-. The molecule has 1 N–H and O–H groups in total. The number of rotatable bonds is 16. The Morgan fingerprint density at radius 3 is 1.82 bits per heavy atom. The molecule has 0 radical (unpaired) electrons. The summed E-state index contributed by atoms with van der Waals surface area (Å²) in [6.07, 6.45) is 21.0. The fraction of sp³-hybridized carbons (Fsp3) is 0.900. The minimum absolute atomic E-state index is 0.0412. The molecule has 0 saturated heterocycles. The molecule has 0 saturated carbocycles. The van der Waals surface area contributed by atoms with E-state index in [9.17, 15) is 5.11 Å². The molecule has 0 rings (SSSR count). The van der Waals surface area contributed by atoms with Crippen molar-refractivity contribution in [3.05, 3.63) is 12.2 Å². The van der Waals surface area contributed by atoms with E-state index in [1.165, 1.54) is 70.6 Å². The Balaban J connectivity index is 3.29. The largest absolute Gasteiger partial charge is 0.853 e. The van der Waals surface area contributed by atoms with Gasteiger partial charge in [-0.3, -0.25) is 0 Å². The van der Waals surface area contributed by atoms with E-state index < -0.39 is 0 Å². The number of hydrogen-bond donors (Lipinski definition) is 1. The first-order valence-electron chi connectivity index (χ1n) is 9.68. The van der Waals surface area contributed by atoms with Gasteiger partial charge in [-0.2, -0.15) is 0 Å². The smallest absolute Gasteiger partial charge is 0.00289 e. The molecule has 2 unspecified atom stereocenters. The highest BCUT2D eigenvalue weighted by atomic mass is 16.3. The second-order valence-electron chi connectivity index (χ2n) is 6.67. The van der Waals surface area contributed by atoms with E-state index in [0.29, 0.717) is 5.92 Å². The van der Waals surface area contributed by atoms with Crippen molar-refractivity contribution in [3.8, 4) is 0 Å². The van der Waals surface area contributed by atoms with Gasteiger partial charge in [0.1, 0.15) is 0 Å². The van der Waals surface area contributed by atoms with Crippen LogP contribution in [0.1, 0.15) is 90.9 Å². The summed E-state index contributed by atoms with van der Waals surface area (Å²) < 4.78 is 0. The molecule has 2 nitrogen and oxygen atoms in total. The molecule has 0 amide bonds. The lowest BCUT2D eigenvalue weighted by Crippen LogP contribution is -2.39. The minimum atomic E-state index is -0.0412. The second kappa shape index (κ2) is 17.0. The quantitative estimate of drug-likeness (QED) is 0.327. The molecule has 2 heteroatoms. The topological polar surface area (TPSA) is 35.1 Å². The molecule has 0 bridgehead atoms. The Labute approximate surface area is 139 Å². The Kier molecular flexibility index (Phi) is 16.8. The molecule has 0 aromatic carbocycles. The highest BCUT2D eigenvalue weighted by Gasteiger charge is 2.06. The summed E-state index contributed by atoms with van der Waals surface area (Å²) in [7, 11) is 1.87. The number of nitrogens with one attached hydrogen (secondary N) is 1. The second-order valence-corrected chi connectivity index (χ2v) is 6.67. The Morgan fingerprint density at radius 1 is 0.864 bits per heavy atom. The van der Waals surface area contributed by atoms with Gasteiger partial charge >= 0.3 is 0 Å². The number of unbranched alkanes of at least 4 members (excludes halogenated alkanes) is 11. The zero-order valence-electron chi connectivity index (χ0n) is 15.4. The minimum Gasteiger partial charge on any atom is -0.853 e. The summed E-state index contributed by atoms with van der Waals surface area (Å²) in [4.78, 5) is 0. The highest BCUT2D eigenvalue weighted by molar-refractivity contribution is 4.91. The summed E-state index contributed by atoms with van der Waals surface area (Å²) in [5.41, 5.74) is 0. The molecular weight excluding hydrogens is 270 g/mol. The lowest BCUT2D eigenvalue weighted by Gasteiger charge is -2.23. The number of likely N-dealkylation sites (N-methyl/N-ethyl adjacent to an activating group) is 1. The average molecular weight is 311 g/mol. The number of allylic oxidation sites excluding steroid dienone is 1. The van der Waals surface area contributed by atoms with Crippen molar-refractivity contribution in [3.63, 3.8) is 0 Å². The fourth-order valence-corrected chi connectivity index (χ4v) is 2.87. The maximum atomic E-state index is 10.9. The molecule has 0 aromatic rings. The lowest BCUT2D eigenvalue weighted by molar-refractivity contribution is -0.374. The molecule has 22 heavy (non-hydrogen) atoms. The van der Waals surface area contributed by atoms with Crippen molar-refractivity contribution in [2.75, 3.05) is 13.7 Å². The fourth-order valence-electron chi connectivity index (χ4n) is 2.87. The van der Waals surface area contributed by atoms with Crippen LogP contribution in [0.25, 0.3) is 0 Å². The van der Waals surface area contributed by atoms with Crippen LogP contribution in [-0.4, -0.2) is 19.7 Å². The monoisotopic (exact) mass is 310 g/mol. The molecule has 0 aromatic heterocycles. The maximum Gasteiger partial charge on any atom is -0.00289 e. The standard InChI is InChI=1S/C20H40NO/c1-4-5-6-7-8-9-10-11-12-13-14-15-16-17-19(2)20(18-22)21-3/h16-17,19-21H,4-15,18H2,1-3H3/q-1/b17-16+. The van der Waals surface area contributed by atoms with Crippen molar-refractivity contribution in [1.82, 2.24) is 5.32 Å². The van der Waals surface area contributed by atoms with Gasteiger partial charge in [0.05, 0.1) is 0 Å². The summed E-state index contributed by atoms with van der Waals surface area (Å²) in [6, 6.07) is 0.0774. The molecule has 0 spiro atoms. The lowest BCUT2D eigenvalue weighted by atomic mass is 10.0. The van der Waals surface area contributed by atoms with E-state index >= 15 is 0 Å². The Morgan fingerprint density at radius 2 is 1.36 bits per heavy atom. The molecule has 0 aliphatic carbocycles. The van der Waals surface area contributed by atoms with Crippen LogP contribution in [0.4, 0.5) is 0 Å². The van der Waals surface area contributed by atoms with Crippen molar-refractivity contribution in [2.45, 2.75) is 96.9 Å². The third-order valence-electron chi connectivity index (χ3n) is 4.60. The summed E-state index contributed by atoms with van der Waals surface area (Å²) >= 11 is 0. The van der Waals surface area contributed by atoms with Gasteiger partial charge < -0.3 is 10.4 Å². The predicted octanol–water partition coefficient (Wildman–Crippen LogP) is 4.83. The molecule has 2 atom stereocenters. The van der Waals surface area contributed by atoms with Crippen LogP contribution in [0, 0.1) is 5.92 Å². The average Bonchev–Trinajstić information content (AvgIpc) is 2.53. The van der Waals surface area contributed by atoms with E-state index in [0.717, 1.165) is 6.42 Å². The normalized spacial score (nSPS) is 14.5. The SMILES string of the molecule is CCCCCCCCCCCCC/C=C/C(C)C(C[O-])NC. The van der Waals surface area contributed by atoms with E-state index in [1.54, 1.807) is 0 Å². The van der Waals surface area contributed by atoms with E-state index in [2.05, 4.69) is 31.3 Å². The van der Waals surface area contributed by atoms with Gasteiger partial charge in [0.15, 0.2) is 0 Å². The van der Waals surface area contributed by atoms with Crippen LogP contribution in [0.5, 0.6) is 0 Å². The van der Waals surface area contributed by atoms with E-state index in [-0.39, 0.29) is 12.6 Å².